The minimum Gasteiger partial charge on any atom is -0.493 e. The van der Waals surface area contributed by atoms with Crippen molar-refractivity contribution in [3.05, 3.63) is 29.3 Å². The molecule has 1 aliphatic rings. The lowest BCUT2D eigenvalue weighted by Crippen LogP contribution is -2.42. The average Bonchev–Trinajstić information content (AvgIpc) is 2.61. The minimum atomic E-state index is -0.453. The van der Waals surface area contributed by atoms with Crippen LogP contribution in [0, 0.1) is 19.8 Å². The van der Waals surface area contributed by atoms with Crippen molar-refractivity contribution in [3.8, 4) is 5.75 Å². The molecule has 2 rings (SSSR count). The number of aryl methyl sites for hydroxylation is 2. The highest BCUT2D eigenvalue weighted by molar-refractivity contribution is 5.78. The van der Waals surface area contributed by atoms with Gasteiger partial charge in [0, 0.05) is 26.6 Å². The quantitative estimate of drug-likeness (QED) is 0.769. The summed E-state index contributed by atoms with van der Waals surface area (Å²) in [6.45, 7) is 5.34. The van der Waals surface area contributed by atoms with Gasteiger partial charge in [0.15, 0.2) is 0 Å². The Morgan fingerprint density at radius 2 is 2.08 bits per heavy atom. The first-order valence-electron chi connectivity index (χ1n) is 9.08. The van der Waals surface area contributed by atoms with Crippen LogP contribution in [-0.4, -0.2) is 55.4 Å². The summed E-state index contributed by atoms with van der Waals surface area (Å²) in [6, 6.07) is 6.18. The summed E-state index contributed by atoms with van der Waals surface area (Å²) in [6.07, 6.45) is 2.05. The van der Waals surface area contributed by atoms with Gasteiger partial charge in [-0.2, -0.15) is 0 Å². The molecule has 0 aliphatic heterocycles. The summed E-state index contributed by atoms with van der Waals surface area (Å²) in [7, 11) is 3.43. The monoisotopic (exact) mass is 349 g/mol. The lowest BCUT2D eigenvalue weighted by molar-refractivity contribution is -0.139. The van der Waals surface area contributed by atoms with Gasteiger partial charge in [-0.1, -0.05) is 12.1 Å². The molecule has 1 fully saturated rings. The van der Waals surface area contributed by atoms with Crippen LogP contribution >= 0.6 is 0 Å². The van der Waals surface area contributed by atoms with Gasteiger partial charge in [0.2, 0.25) is 5.91 Å². The second kappa shape index (κ2) is 9.20. The number of hydrogen-bond acceptors (Lipinski definition) is 4. The zero-order chi connectivity index (χ0) is 18.4. The van der Waals surface area contributed by atoms with Crippen molar-refractivity contribution in [2.75, 3.05) is 27.3 Å². The molecule has 1 aromatic rings. The number of aliphatic hydroxyl groups excluding tert-OH is 1. The molecule has 1 saturated carbocycles. The van der Waals surface area contributed by atoms with E-state index in [1.54, 1.807) is 12.0 Å². The molecule has 0 spiro atoms. The van der Waals surface area contributed by atoms with E-state index in [0.29, 0.717) is 26.0 Å². The number of nitrogens with zero attached hydrogens (tertiary/aromatic N) is 1. The molecule has 1 amide bonds. The highest BCUT2D eigenvalue weighted by atomic mass is 16.5. The standard InChI is InChI=1S/C20H31NO4/c1-14-6-7-15(2)18(12-14)25-11-5-10-21(3)20(23)16-8-9-17(22)19(13-16)24-4/h6-7,12,16-17,19,22H,5,8-11,13H2,1-4H3/t16-,17+,19-/m1/s1. The van der Waals surface area contributed by atoms with Gasteiger partial charge >= 0.3 is 0 Å². The number of benzene rings is 1. The van der Waals surface area contributed by atoms with E-state index in [2.05, 4.69) is 12.1 Å². The molecular formula is C20H31NO4. The number of carbonyl (C=O) groups excluding carboxylic acids is 1. The third-order valence-corrected chi connectivity index (χ3v) is 5.02. The summed E-state index contributed by atoms with van der Waals surface area (Å²) >= 11 is 0. The first-order chi connectivity index (χ1) is 11.9. The van der Waals surface area contributed by atoms with Gasteiger partial charge in [-0.3, -0.25) is 4.79 Å². The number of carbonyl (C=O) groups is 1. The van der Waals surface area contributed by atoms with Crippen molar-refractivity contribution >= 4 is 5.91 Å². The smallest absolute Gasteiger partial charge is 0.225 e. The van der Waals surface area contributed by atoms with Crippen molar-refractivity contribution < 1.29 is 19.4 Å². The van der Waals surface area contributed by atoms with E-state index in [4.69, 9.17) is 9.47 Å². The zero-order valence-electron chi connectivity index (χ0n) is 15.8. The van der Waals surface area contributed by atoms with E-state index in [-0.39, 0.29) is 17.9 Å². The third-order valence-electron chi connectivity index (χ3n) is 5.02. The number of methoxy groups -OCH3 is 1. The summed E-state index contributed by atoms with van der Waals surface area (Å²) in [5.74, 6) is 0.997. The fourth-order valence-corrected chi connectivity index (χ4v) is 3.36. The Morgan fingerprint density at radius 3 is 2.80 bits per heavy atom. The number of aliphatic hydroxyl groups is 1. The number of ether oxygens (including phenoxy) is 2. The maximum Gasteiger partial charge on any atom is 0.225 e. The molecule has 0 bridgehead atoms. The van der Waals surface area contributed by atoms with Gasteiger partial charge in [-0.25, -0.2) is 0 Å². The van der Waals surface area contributed by atoms with E-state index in [9.17, 15) is 9.90 Å². The van der Waals surface area contributed by atoms with E-state index in [1.807, 2.05) is 27.0 Å². The number of amides is 1. The van der Waals surface area contributed by atoms with Gasteiger partial charge in [0.1, 0.15) is 5.75 Å². The van der Waals surface area contributed by atoms with Crippen molar-refractivity contribution in [2.24, 2.45) is 5.92 Å². The molecular weight excluding hydrogens is 318 g/mol. The predicted molar refractivity (Wildman–Crippen MR) is 97.8 cm³/mol. The molecule has 140 valence electrons. The second-order valence-corrected chi connectivity index (χ2v) is 7.08. The highest BCUT2D eigenvalue weighted by Crippen LogP contribution is 2.28. The van der Waals surface area contributed by atoms with Gasteiger partial charge in [-0.15, -0.1) is 0 Å². The average molecular weight is 349 g/mol. The summed E-state index contributed by atoms with van der Waals surface area (Å²) in [5.41, 5.74) is 2.31. The lowest BCUT2D eigenvalue weighted by Gasteiger charge is -2.33. The fraction of sp³-hybridized carbons (Fsp3) is 0.650. The van der Waals surface area contributed by atoms with Crippen LogP contribution < -0.4 is 4.74 Å². The Morgan fingerprint density at radius 1 is 1.32 bits per heavy atom. The predicted octanol–water partition coefficient (Wildman–Crippen LogP) is 2.71. The van der Waals surface area contributed by atoms with E-state index in [1.165, 1.54) is 5.56 Å². The van der Waals surface area contributed by atoms with Crippen molar-refractivity contribution in [1.82, 2.24) is 4.90 Å². The number of hydrogen-bond donors (Lipinski definition) is 1. The first kappa shape index (κ1) is 19.7. The summed E-state index contributed by atoms with van der Waals surface area (Å²) in [4.78, 5) is 14.4. The van der Waals surface area contributed by atoms with Crippen LogP contribution in [-0.2, 0) is 9.53 Å². The molecule has 0 unspecified atom stereocenters. The molecule has 1 aliphatic carbocycles. The lowest BCUT2D eigenvalue weighted by atomic mass is 9.84. The maximum absolute atomic E-state index is 12.6. The Bertz CT molecular complexity index is 575. The van der Waals surface area contributed by atoms with Crippen molar-refractivity contribution in [1.29, 1.82) is 0 Å². The molecule has 0 saturated heterocycles. The molecule has 0 radical (unpaired) electrons. The number of rotatable bonds is 7. The molecule has 1 N–H and O–H groups in total. The summed E-state index contributed by atoms with van der Waals surface area (Å²) < 4.78 is 11.1. The molecule has 5 nitrogen and oxygen atoms in total. The third kappa shape index (κ3) is 5.44. The van der Waals surface area contributed by atoms with E-state index in [0.717, 1.165) is 24.2 Å². The van der Waals surface area contributed by atoms with Crippen molar-refractivity contribution in [2.45, 2.75) is 51.7 Å². The molecule has 0 heterocycles. The first-order valence-corrected chi connectivity index (χ1v) is 9.08. The Kier molecular flexibility index (Phi) is 7.26. The second-order valence-electron chi connectivity index (χ2n) is 7.08. The molecule has 3 atom stereocenters. The van der Waals surface area contributed by atoms with Crippen LogP contribution in [0.25, 0.3) is 0 Å². The Balaban J connectivity index is 1.75. The maximum atomic E-state index is 12.6. The Hall–Kier alpha value is -1.59. The minimum absolute atomic E-state index is 0.0571. The van der Waals surface area contributed by atoms with Gasteiger partial charge < -0.3 is 19.5 Å². The largest absolute Gasteiger partial charge is 0.493 e. The normalized spacial score (nSPS) is 23.3. The SMILES string of the molecule is CO[C@@H]1C[C@H](C(=O)N(C)CCCOc2cc(C)ccc2C)CC[C@@H]1O. The van der Waals surface area contributed by atoms with Crippen LogP contribution in [0.5, 0.6) is 5.75 Å². The topological polar surface area (TPSA) is 59.0 Å². The van der Waals surface area contributed by atoms with E-state index >= 15 is 0 Å². The molecule has 0 aromatic heterocycles. The highest BCUT2D eigenvalue weighted by Gasteiger charge is 2.34. The van der Waals surface area contributed by atoms with Gasteiger partial charge in [-0.05, 0) is 56.7 Å². The molecule has 1 aromatic carbocycles. The van der Waals surface area contributed by atoms with E-state index < -0.39 is 6.10 Å². The molecule has 25 heavy (non-hydrogen) atoms. The summed E-state index contributed by atoms with van der Waals surface area (Å²) in [5, 5.41) is 9.86. The van der Waals surface area contributed by atoms with Crippen molar-refractivity contribution in [3.63, 3.8) is 0 Å². The van der Waals surface area contributed by atoms with Gasteiger partial charge in [0.05, 0.1) is 18.8 Å². The van der Waals surface area contributed by atoms with Crippen LogP contribution in [0.2, 0.25) is 0 Å². The molecule has 5 heteroatoms. The Labute approximate surface area is 150 Å². The van der Waals surface area contributed by atoms with Crippen LogP contribution in [0.4, 0.5) is 0 Å². The van der Waals surface area contributed by atoms with Crippen LogP contribution in [0.3, 0.4) is 0 Å². The zero-order valence-corrected chi connectivity index (χ0v) is 15.8. The van der Waals surface area contributed by atoms with Crippen LogP contribution in [0.1, 0.15) is 36.8 Å². The van der Waals surface area contributed by atoms with Gasteiger partial charge in [0.25, 0.3) is 0 Å². The fourth-order valence-electron chi connectivity index (χ4n) is 3.36. The van der Waals surface area contributed by atoms with Crippen LogP contribution in [0.15, 0.2) is 18.2 Å².